The van der Waals surface area contributed by atoms with E-state index in [9.17, 15) is 14.7 Å². The van der Waals surface area contributed by atoms with Gasteiger partial charge in [0.15, 0.2) is 0 Å². The van der Waals surface area contributed by atoms with Crippen LogP contribution in [-0.4, -0.2) is 35.2 Å². The van der Waals surface area contributed by atoms with E-state index in [1.807, 2.05) is 0 Å². The molecule has 0 aliphatic carbocycles. The Morgan fingerprint density at radius 2 is 2.00 bits per heavy atom. The fraction of sp³-hybridized carbons (Fsp3) is 0.778. The Hall–Kier alpha value is -1.26. The number of likely N-dealkylation sites (tertiary alicyclic amines) is 1. The molecule has 0 aromatic heterocycles. The predicted molar refractivity (Wildman–Crippen MR) is 46.4 cm³/mol. The van der Waals surface area contributed by atoms with Crippen LogP contribution in [0.4, 0.5) is 4.79 Å². The molecule has 1 saturated heterocycles. The van der Waals surface area contributed by atoms with Crippen molar-refractivity contribution in [2.24, 2.45) is 0 Å². The molecule has 5 heteroatoms. The number of carbonyl (C=O) groups is 2. The van der Waals surface area contributed by atoms with E-state index < -0.39 is 23.7 Å². The van der Waals surface area contributed by atoms with E-state index in [2.05, 4.69) is 0 Å². The zero-order valence-corrected chi connectivity index (χ0v) is 8.57. The van der Waals surface area contributed by atoms with Gasteiger partial charge in [-0.2, -0.15) is 0 Å². The Bertz CT molecular complexity index is 256. The molecule has 1 amide bonds. The third-order valence-corrected chi connectivity index (χ3v) is 1.92. The zero-order chi connectivity index (χ0) is 10.9. The molecular formula is C9H14NO4-. The molecule has 5 nitrogen and oxygen atoms in total. The number of carbonyl (C=O) groups excluding carboxylic acids is 2. The predicted octanol–water partition coefficient (Wildman–Crippen LogP) is -0.254. The normalized spacial score (nSPS) is 21.4. The Morgan fingerprint density at radius 3 is 2.29 bits per heavy atom. The van der Waals surface area contributed by atoms with Crippen molar-refractivity contribution in [3.8, 4) is 0 Å². The summed E-state index contributed by atoms with van der Waals surface area (Å²) >= 11 is 0. The summed E-state index contributed by atoms with van der Waals surface area (Å²) in [4.78, 5) is 23.0. The quantitative estimate of drug-likeness (QED) is 0.585. The van der Waals surface area contributed by atoms with Gasteiger partial charge in [0, 0.05) is 6.54 Å². The lowest BCUT2D eigenvalue weighted by Crippen LogP contribution is -2.59. The molecule has 1 heterocycles. The summed E-state index contributed by atoms with van der Waals surface area (Å²) in [6, 6.07) is -0.815. The summed E-state index contributed by atoms with van der Waals surface area (Å²) in [5.41, 5.74) is -0.594. The van der Waals surface area contributed by atoms with Gasteiger partial charge in [-0.05, 0) is 27.2 Å². The van der Waals surface area contributed by atoms with Gasteiger partial charge in [-0.25, -0.2) is 4.79 Å². The molecular weight excluding hydrogens is 186 g/mol. The van der Waals surface area contributed by atoms with E-state index in [0.29, 0.717) is 13.0 Å². The first kappa shape index (κ1) is 10.8. The minimum absolute atomic E-state index is 0.424. The van der Waals surface area contributed by atoms with Gasteiger partial charge in [0.2, 0.25) is 0 Å². The first-order chi connectivity index (χ1) is 6.31. The van der Waals surface area contributed by atoms with Crippen LogP contribution in [0.1, 0.15) is 27.2 Å². The van der Waals surface area contributed by atoms with Crippen LogP contribution in [0, 0.1) is 0 Å². The van der Waals surface area contributed by atoms with E-state index >= 15 is 0 Å². The molecule has 1 fully saturated rings. The van der Waals surface area contributed by atoms with Gasteiger partial charge in [0.05, 0.1) is 12.0 Å². The van der Waals surface area contributed by atoms with Crippen molar-refractivity contribution in [2.75, 3.05) is 6.54 Å². The van der Waals surface area contributed by atoms with Crippen LogP contribution in [0.5, 0.6) is 0 Å². The molecule has 80 valence electrons. The van der Waals surface area contributed by atoms with Crippen molar-refractivity contribution in [3.63, 3.8) is 0 Å². The number of amides is 1. The van der Waals surface area contributed by atoms with E-state index in [1.54, 1.807) is 20.8 Å². The van der Waals surface area contributed by atoms with Crippen LogP contribution in [-0.2, 0) is 9.53 Å². The van der Waals surface area contributed by atoms with Crippen LogP contribution < -0.4 is 5.11 Å². The molecule has 0 saturated carbocycles. The second-order valence-corrected chi connectivity index (χ2v) is 4.30. The van der Waals surface area contributed by atoms with Crippen molar-refractivity contribution < 1.29 is 19.4 Å². The SMILES string of the molecule is CC(C)(C)OC(=O)N1CC[C@H]1C(=O)[O-]. The molecule has 0 radical (unpaired) electrons. The number of ether oxygens (including phenoxy) is 1. The summed E-state index contributed by atoms with van der Waals surface area (Å²) < 4.78 is 5.02. The monoisotopic (exact) mass is 200 g/mol. The first-order valence-electron chi connectivity index (χ1n) is 4.52. The molecule has 0 N–H and O–H groups in total. The lowest BCUT2D eigenvalue weighted by Gasteiger charge is -2.41. The lowest BCUT2D eigenvalue weighted by atomic mass is 10.0. The fourth-order valence-electron chi connectivity index (χ4n) is 1.17. The minimum Gasteiger partial charge on any atom is -0.548 e. The van der Waals surface area contributed by atoms with Crippen LogP contribution in [0.2, 0.25) is 0 Å². The summed E-state index contributed by atoms with van der Waals surface area (Å²) in [7, 11) is 0. The summed E-state index contributed by atoms with van der Waals surface area (Å²) in [5.74, 6) is -1.22. The third kappa shape index (κ3) is 2.37. The summed E-state index contributed by atoms with van der Waals surface area (Å²) in [6.07, 6.45) is -0.139. The molecule has 1 aliphatic heterocycles. The van der Waals surface area contributed by atoms with Crippen molar-refractivity contribution in [3.05, 3.63) is 0 Å². The number of aliphatic carboxylic acids is 1. The molecule has 0 aromatic carbocycles. The van der Waals surface area contributed by atoms with Crippen LogP contribution >= 0.6 is 0 Å². The average Bonchev–Trinajstić information content (AvgIpc) is 1.75. The number of carboxylic acid groups (broad SMARTS) is 1. The number of carboxylic acids is 1. The average molecular weight is 200 g/mol. The topological polar surface area (TPSA) is 69.7 Å². The van der Waals surface area contributed by atoms with E-state index in [1.165, 1.54) is 4.90 Å². The Labute approximate surface area is 82.6 Å². The second kappa shape index (κ2) is 3.48. The van der Waals surface area contributed by atoms with Crippen molar-refractivity contribution in [1.29, 1.82) is 0 Å². The van der Waals surface area contributed by atoms with Crippen molar-refractivity contribution >= 4 is 12.1 Å². The molecule has 1 rings (SSSR count). The molecule has 14 heavy (non-hydrogen) atoms. The molecule has 1 aliphatic rings. The molecule has 0 spiro atoms. The highest BCUT2D eigenvalue weighted by atomic mass is 16.6. The van der Waals surface area contributed by atoms with Gasteiger partial charge in [-0.15, -0.1) is 0 Å². The maximum atomic E-state index is 11.4. The minimum atomic E-state index is -1.22. The smallest absolute Gasteiger partial charge is 0.410 e. The summed E-state index contributed by atoms with van der Waals surface area (Å²) in [6.45, 7) is 5.63. The van der Waals surface area contributed by atoms with Crippen LogP contribution in [0.15, 0.2) is 0 Å². The highest BCUT2D eigenvalue weighted by Crippen LogP contribution is 2.20. The van der Waals surface area contributed by atoms with Gasteiger partial charge in [0.25, 0.3) is 0 Å². The van der Waals surface area contributed by atoms with E-state index in [-0.39, 0.29) is 0 Å². The first-order valence-corrected chi connectivity index (χ1v) is 4.52. The highest BCUT2D eigenvalue weighted by Gasteiger charge is 2.35. The molecule has 1 atom stereocenters. The highest BCUT2D eigenvalue weighted by molar-refractivity contribution is 5.80. The Kier molecular flexibility index (Phi) is 2.69. The van der Waals surface area contributed by atoms with Gasteiger partial charge in [0.1, 0.15) is 5.60 Å². The maximum Gasteiger partial charge on any atom is 0.410 e. The maximum absolute atomic E-state index is 11.4. The van der Waals surface area contributed by atoms with Gasteiger partial charge >= 0.3 is 6.09 Å². The Balaban J connectivity index is 2.51. The second-order valence-electron chi connectivity index (χ2n) is 4.30. The number of nitrogens with zero attached hydrogens (tertiary/aromatic N) is 1. The van der Waals surface area contributed by atoms with Crippen molar-refractivity contribution in [1.82, 2.24) is 4.90 Å². The fourth-order valence-corrected chi connectivity index (χ4v) is 1.17. The van der Waals surface area contributed by atoms with Gasteiger partial charge in [-0.1, -0.05) is 0 Å². The van der Waals surface area contributed by atoms with Crippen LogP contribution in [0.3, 0.4) is 0 Å². The van der Waals surface area contributed by atoms with E-state index in [0.717, 1.165) is 0 Å². The molecule has 0 aromatic rings. The van der Waals surface area contributed by atoms with Gasteiger partial charge < -0.3 is 14.6 Å². The summed E-state index contributed by atoms with van der Waals surface area (Å²) in [5, 5.41) is 10.5. The zero-order valence-electron chi connectivity index (χ0n) is 8.57. The number of hydrogen-bond donors (Lipinski definition) is 0. The van der Waals surface area contributed by atoms with Crippen molar-refractivity contribution in [2.45, 2.75) is 38.8 Å². The lowest BCUT2D eigenvalue weighted by molar-refractivity contribution is -0.314. The number of hydrogen-bond acceptors (Lipinski definition) is 4. The van der Waals surface area contributed by atoms with Gasteiger partial charge in [-0.3, -0.25) is 4.90 Å². The Morgan fingerprint density at radius 1 is 1.43 bits per heavy atom. The largest absolute Gasteiger partial charge is 0.548 e. The standard InChI is InChI=1S/C9H15NO4/c1-9(2,3)14-8(13)10-5-4-6(10)7(11)12/h6H,4-5H2,1-3H3,(H,11,12)/p-1/t6-/m0/s1. The molecule has 0 bridgehead atoms. The van der Waals surface area contributed by atoms with E-state index in [4.69, 9.17) is 4.74 Å². The third-order valence-electron chi connectivity index (χ3n) is 1.92. The number of rotatable bonds is 1. The molecule has 0 unspecified atom stereocenters. The van der Waals surface area contributed by atoms with Crippen LogP contribution in [0.25, 0.3) is 0 Å².